The maximum Gasteiger partial charge on any atom is 0.122 e. The standard InChI is InChI=1S/C18H17NO/c1-20-18-11-5-3-9-16(18)14-15-8-2-4-10-17(15)19-12-6-7-13-19/h2-13H,14H2,1H3. The average Bonchev–Trinajstić information content (AvgIpc) is 3.02. The summed E-state index contributed by atoms with van der Waals surface area (Å²) in [5.41, 5.74) is 3.70. The van der Waals surface area contributed by atoms with Crippen LogP contribution in [0.25, 0.3) is 5.69 Å². The van der Waals surface area contributed by atoms with Gasteiger partial charge in [0.1, 0.15) is 5.75 Å². The van der Waals surface area contributed by atoms with Crippen LogP contribution in [0.15, 0.2) is 73.1 Å². The molecule has 0 saturated carbocycles. The van der Waals surface area contributed by atoms with Gasteiger partial charge in [0, 0.05) is 24.5 Å². The molecular weight excluding hydrogens is 246 g/mol. The van der Waals surface area contributed by atoms with Crippen molar-refractivity contribution in [3.63, 3.8) is 0 Å². The van der Waals surface area contributed by atoms with Crippen LogP contribution in [0.5, 0.6) is 5.75 Å². The molecule has 2 heteroatoms. The number of nitrogens with zero attached hydrogens (tertiary/aromatic N) is 1. The largest absolute Gasteiger partial charge is 0.496 e. The Hall–Kier alpha value is -2.48. The number of ether oxygens (including phenoxy) is 1. The van der Waals surface area contributed by atoms with E-state index in [9.17, 15) is 0 Å². The first-order valence-electron chi connectivity index (χ1n) is 6.71. The maximum atomic E-state index is 5.44. The second kappa shape index (κ2) is 5.66. The minimum atomic E-state index is 0.859. The molecule has 2 nitrogen and oxygen atoms in total. The van der Waals surface area contributed by atoms with E-state index in [0.29, 0.717) is 0 Å². The Morgan fingerprint density at radius 3 is 2.20 bits per heavy atom. The summed E-state index contributed by atoms with van der Waals surface area (Å²) >= 11 is 0. The van der Waals surface area contributed by atoms with Crippen molar-refractivity contribution < 1.29 is 4.74 Å². The number of hydrogen-bond acceptors (Lipinski definition) is 1. The van der Waals surface area contributed by atoms with Crippen molar-refractivity contribution in [1.82, 2.24) is 4.57 Å². The van der Waals surface area contributed by atoms with Crippen LogP contribution in [-0.4, -0.2) is 11.7 Å². The normalized spacial score (nSPS) is 10.4. The van der Waals surface area contributed by atoms with Gasteiger partial charge in [0.05, 0.1) is 7.11 Å². The van der Waals surface area contributed by atoms with Crippen LogP contribution >= 0.6 is 0 Å². The van der Waals surface area contributed by atoms with Crippen LogP contribution in [0.3, 0.4) is 0 Å². The van der Waals surface area contributed by atoms with Gasteiger partial charge in [-0.25, -0.2) is 0 Å². The van der Waals surface area contributed by atoms with Gasteiger partial charge in [-0.05, 0) is 35.4 Å². The maximum absolute atomic E-state index is 5.44. The van der Waals surface area contributed by atoms with Gasteiger partial charge >= 0.3 is 0 Å². The fourth-order valence-electron chi connectivity index (χ4n) is 2.46. The Bertz CT molecular complexity index is 686. The van der Waals surface area contributed by atoms with Gasteiger partial charge < -0.3 is 9.30 Å². The lowest BCUT2D eigenvalue weighted by molar-refractivity contribution is 0.410. The zero-order valence-corrected chi connectivity index (χ0v) is 11.5. The molecule has 1 heterocycles. The summed E-state index contributed by atoms with van der Waals surface area (Å²) in [5, 5.41) is 0. The third kappa shape index (κ3) is 2.45. The van der Waals surface area contributed by atoms with Gasteiger partial charge in [0.25, 0.3) is 0 Å². The van der Waals surface area contributed by atoms with E-state index in [1.807, 2.05) is 24.3 Å². The Balaban J connectivity index is 1.99. The molecule has 0 fully saturated rings. The Morgan fingerprint density at radius 2 is 1.45 bits per heavy atom. The van der Waals surface area contributed by atoms with E-state index in [2.05, 4.69) is 53.4 Å². The van der Waals surface area contributed by atoms with Crippen LogP contribution in [-0.2, 0) is 6.42 Å². The molecule has 0 unspecified atom stereocenters. The fourth-order valence-corrected chi connectivity index (χ4v) is 2.46. The predicted octanol–water partition coefficient (Wildman–Crippen LogP) is 4.08. The molecule has 3 rings (SSSR count). The molecule has 1 aromatic heterocycles. The third-order valence-electron chi connectivity index (χ3n) is 3.45. The zero-order chi connectivity index (χ0) is 13.8. The van der Waals surface area contributed by atoms with E-state index in [0.717, 1.165) is 12.2 Å². The minimum absolute atomic E-state index is 0.859. The highest BCUT2D eigenvalue weighted by Crippen LogP contribution is 2.24. The molecule has 100 valence electrons. The Morgan fingerprint density at radius 1 is 0.800 bits per heavy atom. The summed E-state index contributed by atoms with van der Waals surface area (Å²) in [6.45, 7) is 0. The molecular formula is C18H17NO. The van der Waals surface area contributed by atoms with Crippen molar-refractivity contribution in [2.24, 2.45) is 0 Å². The van der Waals surface area contributed by atoms with Gasteiger partial charge in [0.2, 0.25) is 0 Å². The molecule has 0 atom stereocenters. The van der Waals surface area contributed by atoms with Gasteiger partial charge in [0.15, 0.2) is 0 Å². The summed E-state index contributed by atoms with van der Waals surface area (Å²) in [5.74, 6) is 0.940. The number of para-hydroxylation sites is 2. The van der Waals surface area contributed by atoms with Crippen LogP contribution in [0.2, 0.25) is 0 Å². The summed E-state index contributed by atoms with van der Waals surface area (Å²) in [6, 6.07) is 20.7. The van der Waals surface area contributed by atoms with Crippen molar-refractivity contribution >= 4 is 0 Å². The molecule has 0 aliphatic carbocycles. The molecule has 0 aliphatic rings. The SMILES string of the molecule is COc1ccccc1Cc1ccccc1-n1cccc1. The second-order valence-corrected chi connectivity index (χ2v) is 4.71. The van der Waals surface area contributed by atoms with Crippen molar-refractivity contribution in [3.8, 4) is 11.4 Å². The lowest BCUT2D eigenvalue weighted by atomic mass is 10.0. The first-order chi connectivity index (χ1) is 9.88. The summed E-state index contributed by atoms with van der Waals surface area (Å²) in [6.07, 6.45) is 5.00. The summed E-state index contributed by atoms with van der Waals surface area (Å²) in [4.78, 5) is 0. The lowest BCUT2D eigenvalue weighted by Crippen LogP contribution is -1.99. The third-order valence-corrected chi connectivity index (χ3v) is 3.45. The molecule has 2 aromatic carbocycles. The van der Waals surface area contributed by atoms with E-state index in [-0.39, 0.29) is 0 Å². The number of hydrogen-bond donors (Lipinski definition) is 0. The smallest absolute Gasteiger partial charge is 0.122 e. The van der Waals surface area contributed by atoms with Crippen molar-refractivity contribution in [3.05, 3.63) is 84.2 Å². The molecule has 0 bridgehead atoms. The number of benzene rings is 2. The van der Waals surface area contributed by atoms with Crippen molar-refractivity contribution in [2.75, 3.05) is 7.11 Å². The predicted molar refractivity (Wildman–Crippen MR) is 81.6 cm³/mol. The molecule has 0 spiro atoms. The van der Waals surface area contributed by atoms with Gasteiger partial charge in [-0.15, -0.1) is 0 Å². The molecule has 0 N–H and O–H groups in total. The summed E-state index contributed by atoms with van der Waals surface area (Å²) in [7, 11) is 1.72. The van der Waals surface area contributed by atoms with E-state index >= 15 is 0 Å². The highest BCUT2D eigenvalue weighted by atomic mass is 16.5. The number of methoxy groups -OCH3 is 1. The van der Waals surface area contributed by atoms with Gasteiger partial charge in [-0.2, -0.15) is 0 Å². The molecule has 0 amide bonds. The summed E-state index contributed by atoms with van der Waals surface area (Å²) < 4.78 is 7.58. The first kappa shape index (κ1) is 12.5. The van der Waals surface area contributed by atoms with Crippen LogP contribution in [0, 0.1) is 0 Å². The molecule has 20 heavy (non-hydrogen) atoms. The lowest BCUT2D eigenvalue weighted by Gasteiger charge is -2.13. The Kier molecular flexibility index (Phi) is 3.55. The minimum Gasteiger partial charge on any atom is -0.496 e. The highest BCUT2D eigenvalue weighted by molar-refractivity contribution is 5.46. The molecule has 3 aromatic rings. The van der Waals surface area contributed by atoms with E-state index in [1.165, 1.54) is 16.8 Å². The second-order valence-electron chi connectivity index (χ2n) is 4.71. The van der Waals surface area contributed by atoms with Crippen molar-refractivity contribution in [2.45, 2.75) is 6.42 Å². The first-order valence-corrected chi connectivity index (χ1v) is 6.71. The fraction of sp³-hybridized carbons (Fsp3) is 0.111. The molecule has 0 aliphatic heterocycles. The van der Waals surface area contributed by atoms with Crippen LogP contribution in [0.4, 0.5) is 0 Å². The van der Waals surface area contributed by atoms with Crippen molar-refractivity contribution in [1.29, 1.82) is 0 Å². The van der Waals surface area contributed by atoms with E-state index in [1.54, 1.807) is 7.11 Å². The van der Waals surface area contributed by atoms with Gasteiger partial charge in [-0.1, -0.05) is 36.4 Å². The van der Waals surface area contributed by atoms with E-state index < -0.39 is 0 Å². The Labute approximate surface area is 119 Å². The topological polar surface area (TPSA) is 14.2 Å². The molecule has 0 saturated heterocycles. The monoisotopic (exact) mass is 263 g/mol. The van der Waals surface area contributed by atoms with Crippen LogP contribution in [0.1, 0.15) is 11.1 Å². The number of aromatic nitrogens is 1. The quantitative estimate of drug-likeness (QED) is 0.692. The molecule has 0 radical (unpaired) electrons. The number of rotatable bonds is 4. The zero-order valence-electron chi connectivity index (χ0n) is 11.5. The highest BCUT2D eigenvalue weighted by Gasteiger charge is 2.07. The van der Waals surface area contributed by atoms with E-state index in [4.69, 9.17) is 4.74 Å². The van der Waals surface area contributed by atoms with Gasteiger partial charge in [-0.3, -0.25) is 0 Å². The average molecular weight is 263 g/mol. The van der Waals surface area contributed by atoms with Crippen LogP contribution < -0.4 is 4.74 Å².